The fourth-order valence-electron chi connectivity index (χ4n) is 4.97. The Labute approximate surface area is 211 Å². The van der Waals surface area contributed by atoms with Crippen LogP contribution >= 0.6 is 0 Å². The smallest absolute Gasteiger partial charge is 0.266 e. The molecular formula is C25H28F3N7O2. The summed E-state index contributed by atoms with van der Waals surface area (Å²) in [6.45, 7) is 6.40. The minimum absolute atomic E-state index is 0.0718. The number of nitrogens with one attached hydrogen (secondary N) is 1. The number of benzene rings is 1. The molecule has 1 saturated heterocycles. The van der Waals surface area contributed by atoms with Crippen LogP contribution in [-0.4, -0.2) is 69.8 Å². The molecule has 0 unspecified atom stereocenters. The molecular weight excluding hydrogens is 487 g/mol. The largest absolute Gasteiger partial charge is 0.387 e. The minimum atomic E-state index is -2.92. The zero-order valence-electron chi connectivity index (χ0n) is 20.6. The highest BCUT2D eigenvalue weighted by Gasteiger charge is 2.29. The van der Waals surface area contributed by atoms with Crippen molar-refractivity contribution >= 4 is 17.4 Å². The van der Waals surface area contributed by atoms with Crippen molar-refractivity contribution in [3.05, 3.63) is 52.5 Å². The number of aliphatic hydroxyl groups is 1. The molecule has 0 spiro atoms. The molecule has 0 saturated carbocycles. The number of rotatable bonds is 5. The van der Waals surface area contributed by atoms with E-state index in [0.29, 0.717) is 62.0 Å². The summed E-state index contributed by atoms with van der Waals surface area (Å²) in [6.07, 6.45) is -2.92. The van der Waals surface area contributed by atoms with Gasteiger partial charge in [0.25, 0.3) is 6.43 Å². The van der Waals surface area contributed by atoms with Gasteiger partial charge in [-0.2, -0.15) is 0 Å². The highest BCUT2D eigenvalue weighted by Crippen LogP contribution is 2.36. The topological polar surface area (TPSA) is 98.9 Å². The lowest BCUT2D eigenvalue weighted by atomic mass is 10.0. The SMILES string of the molecule is Cc1nc2n3c(c(N4CCN(C(=O)CO)CC4)cc-2c(=N[C@H](C)c2cccc(C(F)F)c2F)n1)NCC3. The van der Waals surface area contributed by atoms with Gasteiger partial charge in [0.2, 0.25) is 5.91 Å². The van der Waals surface area contributed by atoms with E-state index in [2.05, 4.69) is 29.7 Å². The van der Waals surface area contributed by atoms with Crippen molar-refractivity contribution < 1.29 is 23.1 Å². The van der Waals surface area contributed by atoms with Crippen molar-refractivity contribution in [3.63, 3.8) is 0 Å². The number of alkyl halides is 2. The predicted octanol–water partition coefficient (Wildman–Crippen LogP) is 2.50. The van der Waals surface area contributed by atoms with Crippen LogP contribution < -0.4 is 15.7 Å². The van der Waals surface area contributed by atoms with Crippen LogP contribution in [0.25, 0.3) is 11.4 Å². The standard InChI is InChI=1S/C25H28F3N7O2/c1-14(16-4-3-5-17(21(16)26)22(27)28)30-23-18-12-19(33-8-10-34(11-9-33)20(37)13-36)25-29-6-7-35(25)24(18)32-15(2)31-23/h3-5,12,14,22,29,36H,6-11,13H2,1-2H3/t14-/m1/s1. The Morgan fingerprint density at radius 1 is 1.16 bits per heavy atom. The van der Waals surface area contributed by atoms with Gasteiger partial charge in [-0.15, -0.1) is 0 Å². The molecule has 0 bridgehead atoms. The molecule has 0 aliphatic carbocycles. The van der Waals surface area contributed by atoms with Gasteiger partial charge >= 0.3 is 0 Å². The summed E-state index contributed by atoms with van der Waals surface area (Å²) in [5, 5.41) is 12.6. The van der Waals surface area contributed by atoms with Crippen molar-refractivity contribution in [2.45, 2.75) is 32.9 Å². The lowest BCUT2D eigenvalue weighted by Crippen LogP contribution is -2.49. The third-order valence-corrected chi connectivity index (χ3v) is 6.86. The van der Waals surface area contributed by atoms with Gasteiger partial charge in [0, 0.05) is 44.8 Å². The Hall–Kier alpha value is -3.67. The van der Waals surface area contributed by atoms with Crippen LogP contribution in [0.1, 0.15) is 36.3 Å². The maximum atomic E-state index is 14.8. The van der Waals surface area contributed by atoms with Crippen LogP contribution in [0.3, 0.4) is 0 Å². The van der Waals surface area contributed by atoms with Crippen LogP contribution in [-0.2, 0) is 11.3 Å². The number of anilines is 2. The number of aryl methyl sites for hydroxylation is 1. The molecule has 1 fully saturated rings. The van der Waals surface area contributed by atoms with Crippen LogP contribution in [0.2, 0.25) is 0 Å². The number of pyridine rings is 1. The van der Waals surface area contributed by atoms with E-state index in [9.17, 15) is 23.1 Å². The molecule has 4 aliphatic rings. The van der Waals surface area contributed by atoms with Gasteiger partial charge < -0.3 is 24.8 Å². The van der Waals surface area contributed by atoms with E-state index in [1.54, 1.807) is 18.7 Å². The first-order chi connectivity index (χ1) is 17.8. The van der Waals surface area contributed by atoms with E-state index in [-0.39, 0.29) is 11.5 Å². The number of aromatic nitrogens is 3. The molecule has 0 aromatic heterocycles. The Morgan fingerprint density at radius 2 is 1.89 bits per heavy atom. The first-order valence-electron chi connectivity index (χ1n) is 12.2. The van der Waals surface area contributed by atoms with Crippen molar-refractivity contribution in [2.75, 3.05) is 49.5 Å². The molecule has 1 aromatic carbocycles. The lowest BCUT2D eigenvalue weighted by molar-refractivity contribution is -0.134. The third-order valence-electron chi connectivity index (χ3n) is 6.86. The average Bonchev–Trinajstić information content (AvgIpc) is 3.38. The van der Waals surface area contributed by atoms with E-state index in [4.69, 9.17) is 0 Å². The van der Waals surface area contributed by atoms with Crippen molar-refractivity contribution in [2.24, 2.45) is 4.99 Å². The molecule has 2 N–H and O–H groups in total. The quantitative estimate of drug-likeness (QED) is 0.542. The fraction of sp³-hybridized carbons (Fsp3) is 0.440. The second-order valence-electron chi connectivity index (χ2n) is 9.17. The maximum Gasteiger partial charge on any atom is 0.266 e. The molecule has 1 amide bonds. The normalized spacial score (nSPS) is 16.9. The number of aliphatic hydroxyl groups excluding tert-OH is 1. The third kappa shape index (κ3) is 4.61. The van der Waals surface area contributed by atoms with Gasteiger partial charge in [-0.05, 0) is 19.9 Å². The zero-order chi connectivity index (χ0) is 26.3. The van der Waals surface area contributed by atoms with Gasteiger partial charge in [0.1, 0.15) is 29.9 Å². The number of amides is 1. The molecule has 196 valence electrons. The predicted molar refractivity (Wildman–Crippen MR) is 131 cm³/mol. The number of fused-ring (bicyclic) bond motifs is 3. The summed E-state index contributed by atoms with van der Waals surface area (Å²) in [7, 11) is 0. The number of carbonyl (C=O) groups excluding carboxylic acids is 1. The summed E-state index contributed by atoms with van der Waals surface area (Å²) in [5.74, 6) is 0.823. The number of carbonyl (C=O) groups is 1. The molecule has 37 heavy (non-hydrogen) atoms. The Morgan fingerprint density at radius 3 is 2.59 bits per heavy atom. The number of hydrogen-bond acceptors (Lipinski definition) is 7. The maximum absolute atomic E-state index is 14.8. The van der Waals surface area contributed by atoms with Crippen molar-refractivity contribution in [1.29, 1.82) is 0 Å². The van der Waals surface area contributed by atoms with E-state index < -0.39 is 30.5 Å². The van der Waals surface area contributed by atoms with Gasteiger partial charge in [-0.3, -0.25) is 9.79 Å². The fourth-order valence-corrected chi connectivity index (χ4v) is 4.97. The molecule has 0 radical (unpaired) electrons. The molecule has 12 heteroatoms. The number of halogens is 3. The number of piperazine rings is 1. The average molecular weight is 516 g/mol. The summed E-state index contributed by atoms with van der Waals surface area (Å²) in [6, 6.07) is 5.13. The molecule has 4 heterocycles. The molecule has 1 aromatic rings. The van der Waals surface area contributed by atoms with E-state index in [0.717, 1.165) is 17.6 Å². The number of hydrogen-bond donors (Lipinski definition) is 2. The zero-order valence-corrected chi connectivity index (χ0v) is 20.6. The summed E-state index contributed by atoms with van der Waals surface area (Å²) in [4.78, 5) is 29.5. The Bertz CT molecular complexity index is 1370. The molecule has 1 atom stereocenters. The van der Waals surface area contributed by atoms with Crippen LogP contribution in [0, 0.1) is 12.7 Å². The highest BCUT2D eigenvalue weighted by molar-refractivity contribution is 5.79. The van der Waals surface area contributed by atoms with E-state index in [1.807, 2.05) is 6.07 Å². The Balaban J connectivity index is 1.59. The molecule has 9 nitrogen and oxygen atoms in total. The van der Waals surface area contributed by atoms with Crippen LogP contribution in [0.15, 0.2) is 29.3 Å². The minimum Gasteiger partial charge on any atom is -0.387 e. The summed E-state index contributed by atoms with van der Waals surface area (Å²) >= 11 is 0. The summed E-state index contributed by atoms with van der Waals surface area (Å²) < 4.78 is 43.4. The first kappa shape index (κ1) is 25.0. The molecule has 4 aliphatic heterocycles. The number of nitrogens with zero attached hydrogens (tertiary/aromatic N) is 6. The van der Waals surface area contributed by atoms with E-state index >= 15 is 0 Å². The second-order valence-corrected chi connectivity index (χ2v) is 9.17. The second kappa shape index (κ2) is 10.0. The highest BCUT2D eigenvalue weighted by atomic mass is 19.3. The van der Waals surface area contributed by atoms with Gasteiger partial charge in [-0.25, -0.2) is 23.1 Å². The van der Waals surface area contributed by atoms with Crippen LogP contribution in [0.5, 0.6) is 0 Å². The monoisotopic (exact) mass is 515 g/mol. The van der Waals surface area contributed by atoms with Crippen molar-refractivity contribution in [1.82, 2.24) is 19.4 Å². The first-order valence-corrected chi connectivity index (χ1v) is 12.2. The van der Waals surface area contributed by atoms with Crippen LogP contribution in [0.4, 0.5) is 24.7 Å². The lowest BCUT2D eigenvalue weighted by Gasteiger charge is -2.37. The van der Waals surface area contributed by atoms with E-state index in [1.165, 1.54) is 12.1 Å². The van der Waals surface area contributed by atoms with Gasteiger partial charge in [0.05, 0.1) is 22.9 Å². The summed E-state index contributed by atoms with van der Waals surface area (Å²) in [5.41, 5.74) is 1.35. The van der Waals surface area contributed by atoms with Gasteiger partial charge in [0.15, 0.2) is 5.49 Å². The van der Waals surface area contributed by atoms with Crippen molar-refractivity contribution in [3.8, 4) is 11.4 Å². The Kier molecular flexibility index (Phi) is 6.76. The molecule has 5 rings (SSSR count). The van der Waals surface area contributed by atoms with Gasteiger partial charge in [-0.1, -0.05) is 18.2 Å².